The number of aryl methyl sites for hydroxylation is 1. The van der Waals surface area contributed by atoms with E-state index in [1.165, 1.54) is 0 Å². The predicted octanol–water partition coefficient (Wildman–Crippen LogP) is 0.955. The second-order valence-electron chi connectivity index (χ2n) is 4.05. The van der Waals surface area contributed by atoms with E-state index in [-0.39, 0.29) is 0 Å². The average Bonchev–Trinajstić information content (AvgIpc) is 2.91. The van der Waals surface area contributed by atoms with Crippen LogP contribution in [0.3, 0.4) is 0 Å². The van der Waals surface area contributed by atoms with E-state index in [2.05, 4.69) is 25.6 Å². The van der Waals surface area contributed by atoms with Crippen molar-refractivity contribution in [1.82, 2.24) is 24.8 Å². The first-order chi connectivity index (χ1) is 8.74. The van der Waals surface area contributed by atoms with Crippen LogP contribution in [0.5, 0.6) is 0 Å². The molecule has 0 aliphatic carbocycles. The molecule has 0 unspecified atom stereocenters. The maximum absolute atomic E-state index is 5.73. The zero-order valence-corrected chi connectivity index (χ0v) is 9.88. The second-order valence-corrected chi connectivity index (χ2v) is 4.05. The summed E-state index contributed by atoms with van der Waals surface area (Å²) in [7, 11) is 0. The van der Waals surface area contributed by atoms with Gasteiger partial charge < -0.3 is 11.1 Å². The Morgan fingerprint density at radius 2 is 2.39 bits per heavy atom. The van der Waals surface area contributed by atoms with E-state index in [9.17, 15) is 0 Å². The number of rotatable bonds is 3. The molecule has 7 nitrogen and oxygen atoms in total. The van der Waals surface area contributed by atoms with E-state index in [0.717, 1.165) is 22.6 Å². The molecule has 0 aliphatic heterocycles. The van der Waals surface area contributed by atoms with Crippen LogP contribution in [0.4, 0.5) is 11.6 Å². The fourth-order valence-electron chi connectivity index (χ4n) is 1.82. The summed E-state index contributed by atoms with van der Waals surface area (Å²) in [6, 6.07) is 1.98. The van der Waals surface area contributed by atoms with Gasteiger partial charge in [-0.05, 0) is 13.0 Å². The van der Waals surface area contributed by atoms with Crippen LogP contribution in [0.1, 0.15) is 11.3 Å². The zero-order valence-electron chi connectivity index (χ0n) is 9.88. The predicted molar refractivity (Wildman–Crippen MR) is 68.1 cm³/mol. The third-order valence-electron chi connectivity index (χ3n) is 2.71. The summed E-state index contributed by atoms with van der Waals surface area (Å²) < 4.78 is 1.80. The minimum atomic E-state index is 0.569. The molecule has 3 heterocycles. The molecule has 18 heavy (non-hydrogen) atoms. The lowest BCUT2D eigenvalue weighted by molar-refractivity contribution is 0.920. The Balaban J connectivity index is 1.88. The highest BCUT2D eigenvalue weighted by Gasteiger charge is 2.06. The smallest absolute Gasteiger partial charge is 0.152 e. The number of anilines is 2. The van der Waals surface area contributed by atoms with Crippen molar-refractivity contribution in [3.63, 3.8) is 0 Å². The molecule has 0 bridgehead atoms. The fraction of sp³-hybridized carbons (Fsp3) is 0.182. The van der Waals surface area contributed by atoms with E-state index in [4.69, 9.17) is 5.73 Å². The Kier molecular flexibility index (Phi) is 2.36. The summed E-state index contributed by atoms with van der Waals surface area (Å²) in [6.07, 6.45) is 5.23. The first-order valence-electron chi connectivity index (χ1n) is 5.56. The summed E-state index contributed by atoms with van der Waals surface area (Å²) in [5.74, 6) is 1.35. The number of nitrogens with zero attached hydrogens (tertiary/aromatic N) is 4. The molecule has 0 fully saturated rings. The molecule has 0 atom stereocenters. The summed E-state index contributed by atoms with van der Waals surface area (Å²) in [5, 5.41) is 14.1. The number of aromatic nitrogens is 5. The number of aromatic amines is 1. The Labute approximate surface area is 103 Å². The molecule has 0 aromatic carbocycles. The number of hydrogen-bond donors (Lipinski definition) is 3. The summed E-state index contributed by atoms with van der Waals surface area (Å²) in [4.78, 5) is 4.31. The molecular weight excluding hydrogens is 230 g/mol. The van der Waals surface area contributed by atoms with Gasteiger partial charge in [0.2, 0.25) is 0 Å². The quantitative estimate of drug-likeness (QED) is 0.636. The minimum Gasteiger partial charge on any atom is -0.384 e. The number of nitrogen functional groups attached to an aromatic ring is 1. The van der Waals surface area contributed by atoms with Crippen molar-refractivity contribution in [2.45, 2.75) is 13.5 Å². The summed E-state index contributed by atoms with van der Waals surface area (Å²) in [5.41, 5.74) is 8.53. The average molecular weight is 243 g/mol. The van der Waals surface area contributed by atoms with Crippen molar-refractivity contribution in [3.8, 4) is 0 Å². The van der Waals surface area contributed by atoms with Gasteiger partial charge in [0.05, 0.1) is 11.9 Å². The molecule has 3 aromatic rings. The maximum atomic E-state index is 5.73. The van der Waals surface area contributed by atoms with Gasteiger partial charge >= 0.3 is 0 Å². The third-order valence-corrected chi connectivity index (χ3v) is 2.71. The van der Waals surface area contributed by atoms with E-state index in [0.29, 0.717) is 12.4 Å². The van der Waals surface area contributed by atoms with Gasteiger partial charge in [-0.15, -0.1) is 0 Å². The van der Waals surface area contributed by atoms with Crippen LogP contribution in [0.2, 0.25) is 0 Å². The molecule has 0 saturated heterocycles. The molecule has 3 aromatic heterocycles. The lowest BCUT2D eigenvalue weighted by Gasteiger charge is -2.05. The Morgan fingerprint density at radius 3 is 3.17 bits per heavy atom. The lowest BCUT2D eigenvalue weighted by atomic mass is 10.3. The minimum absolute atomic E-state index is 0.569. The largest absolute Gasteiger partial charge is 0.384 e. The van der Waals surface area contributed by atoms with Gasteiger partial charge in [-0.1, -0.05) is 0 Å². The van der Waals surface area contributed by atoms with Crippen molar-refractivity contribution >= 4 is 17.2 Å². The van der Waals surface area contributed by atoms with Crippen LogP contribution in [-0.4, -0.2) is 24.8 Å². The van der Waals surface area contributed by atoms with Crippen molar-refractivity contribution in [2.75, 3.05) is 11.1 Å². The first kappa shape index (κ1) is 10.6. The Bertz CT molecular complexity index is 682. The van der Waals surface area contributed by atoms with Gasteiger partial charge in [0.25, 0.3) is 0 Å². The molecule has 4 N–H and O–H groups in total. The number of fused-ring (bicyclic) bond motifs is 1. The number of nitrogens with two attached hydrogens (primary N) is 1. The van der Waals surface area contributed by atoms with Gasteiger partial charge in [0.15, 0.2) is 5.82 Å². The zero-order chi connectivity index (χ0) is 12.5. The van der Waals surface area contributed by atoms with Crippen LogP contribution in [0.25, 0.3) is 5.52 Å². The molecule has 0 radical (unpaired) electrons. The highest BCUT2D eigenvalue weighted by atomic mass is 15.2. The fourth-order valence-corrected chi connectivity index (χ4v) is 1.82. The van der Waals surface area contributed by atoms with Crippen molar-refractivity contribution in [2.24, 2.45) is 0 Å². The Hall–Kier alpha value is -2.57. The molecule has 0 amide bonds. The molecule has 3 rings (SSSR count). The maximum Gasteiger partial charge on any atom is 0.152 e. The lowest BCUT2D eigenvalue weighted by Crippen LogP contribution is -2.04. The Morgan fingerprint density at radius 1 is 1.50 bits per heavy atom. The van der Waals surface area contributed by atoms with E-state index in [1.54, 1.807) is 16.9 Å². The van der Waals surface area contributed by atoms with Crippen LogP contribution >= 0.6 is 0 Å². The SMILES string of the molecule is Cc1cc2c(NCc3cn[nH]c3N)nccn2n1. The van der Waals surface area contributed by atoms with Gasteiger partial charge in [-0.3, -0.25) is 5.10 Å². The number of hydrogen-bond acceptors (Lipinski definition) is 5. The van der Waals surface area contributed by atoms with E-state index >= 15 is 0 Å². The number of H-pyrrole nitrogens is 1. The molecule has 7 heteroatoms. The van der Waals surface area contributed by atoms with Gasteiger partial charge in [0.1, 0.15) is 11.3 Å². The topological polar surface area (TPSA) is 96.9 Å². The molecule has 0 saturated carbocycles. The highest BCUT2D eigenvalue weighted by Crippen LogP contribution is 2.16. The van der Waals surface area contributed by atoms with Crippen LogP contribution in [-0.2, 0) is 6.54 Å². The summed E-state index contributed by atoms with van der Waals surface area (Å²) in [6.45, 7) is 2.52. The van der Waals surface area contributed by atoms with Gasteiger partial charge in [-0.25, -0.2) is 9.50 Å². The van der Waals surface area contributed by atoms with E-state index in [1.807, 2.05) is 19.2 Å². The molecule has 92 valence electrons. The molecule has 0 spiro atoms. The van der Waals surface area contributed by atoms with Crippen molar-refractivity contribution in [1.29, 1.82) is 0 Å². The monoisotopic (exact) mass is 243 g/mol. The number of nitrogens with one attached hydrogen (secondary N) is 2. The normalized spacial score (nSPS) is 10.9. The van der Waals surface area contributed by atoms with Crippen LogP contribution < -0.4 is 11.1 Å². The first-order valence-corrected chi connectivity index (χ1v) is 5.56. The third kappa shape index (κ3) is 1.75. The van der Waals surface area contributed by atoms with Crippen LogP contribution in [0.15, 0.2) is 24.7 Å². The summed E-state index contributed by atoms with van der Waals surface area (Å²) >= 11 is 0. The van der Waals surface area contributed by atoms with E-state index < -0.39 is 0 Å². The second kappa shape index (κ2) is 4.02. The molecule has 0 aliphatic rings. The van der Waals surface area contributed by atoms with Crippen molar-refractivity contribution < 1.29 is 0 Å². The van der Waals surface area contributed by atoms with Crippen molar-refractivity contribution in [3.05, 3.63) is 35.9 Å². The molecular formula is C11H13N7. The standard InChI is InChI=1S/C11H13N7/c1-7-4-9-11(13-2-3-18(9)17-7)14-5-8-6-15-16-10(8)12/h2-4,6H,5H2,1H3,(H,13,14)(H3,12,15,16). The van der Waals surface area contributed by atoms with Crippen LogP contribution in [0, 0.1) is 6.92 Å². The van der Waals surface area contributed by atoms with Gasteiger partial charge in [0, 0.05) is 24.5 Å². The van der Waals surface area contributed by atoms with Gasteiger partial charge in [-0.2, -0.15) is 10.2 Å². The highest BCUT2D eigenvalue weighted by molar-refractivity contribution is 5.67.